The van der Waals surface area contributed by atoms with E-state index in [2.05, 4.69) is 11.1 Å². The fourth-order valence-electron chi connectivity index (χ4n) is 4.19. The van der Waals surface area contributed by atoms with Gasteiger partial charge in [-0.15, -0.1) is 11.3 Å². The average molecular weight is 399 g/mol. The molecule has 1 aromatic carbocycles. The predicted molar refractivity (Wildman–Crippen MR) is 108 cm³/mol. The van der Waals surface area contributed by atoms with E-state index in [1.165, 1.54) is 16.7 Å². The lowest BCUT2D eigenvalue weighted by Gasteiger charge is -2.18. The maximum absolute atomic E-state index is 13.0. The molecule has 1 unspecified atom stereocenters. The summed E-state index contributed by atoms with van der Waals surface area (Å²) in [6, 6.07) is 8.41. The second kappa shape index (κ2) is 7.48. The van der Waals surface area contributed by atoms with Crippen LogP contribution in [0.3, 0.4) is 0 Å². The number of aromatic nitrogens is 2. The standard InChI is InChI=1S/C21H23N3O3S/c1-12-18(21(26)27-3)13(2)22-19(12)16(25)11-24-10-6-8-15(24)20-23-14-7-4-5-9-17(14)28-20/h4-5,7,9,15,22H,6,8,10-11H2,1-3H3/p+1/t15-/m0/s1. The number of carbonyl (C=O) groups excluding carboxylic acids is 2. The van der Waals surface area contributed by atoms with Gasteiger partial charge in [-0.3, -0.25) is 4.79 Å². The molecular formula is C21H24N3O3S+. The van der Waals surface area contributed by atoms with E-state index in [0.29, 0.717) is 29.1 Å². The van der Waals surface area contributed by atoms with Crippen LogP contribution >= 0.6 is 11.3 Å². The minimum atomic E-state index is -0.411. The van der Waals surface area contributed by atoms with Crippen LogP contribution in [-0.4, -0.2) is 41.9 Å². The molecule has 0 spiro atoms. The molecule has 3 heterocycles. The van der Waals surface area contributed by atoms with Gasteiger partial charge in [0.15, 0.2) is 5.01 Å². The number of quaternary nitrogens is 1. The number of nitrogens with zero attached hydrogens (tertiary/aromatic N) is 1. The molecule has 28 heavy (non-hydrogen) atoms. The van der Waals surface area contributed by atoms with Gasteiger partial charge >= 0.3 is 5.97 Å². The lowest BCUT2D eigenvalue weighted by molar-refractivity contribution is -0.909. The molecule has 2 atom stereocenters. The Kier molecular flexibility index (Phi) is 5.03. The number of H-pyrrole nitrogens is 1. The van der Waals surface area contributed by atoms with E-state index in [0.717, 1.165) is 29.9 Å². The van der Waals surface area contributed by atoms with E-state index in [1.807, 2.05) is 18.2 Å². The third-order valence-electron chi connectivity index (χ3n) is 5.59. The Bertz CT molecular complexity index is 1020. The highest BCUT2D eigenvalue weighted by Crippen LogP contribution is 2.28. The molecule has 146 valence electrons. The highest BCUT2D eigenvalue weighted by Gasteiger charge is 2.35. The van der Waals surface area contributed by atoms with E-state index in [9.17, 15) is 9.59 Å². The van der Waals surface area contributed by atoms with Crippen LogP contribution < -0.4 is 4.90 Å². The Morgan fingerprint density at radius 1 is 1.32 bits per heavy atom. The first-order valence-electron chi connectivity index (χ1n) is 9.50. The second-order valence-electron chi connectivity index (χ2n) is 7.34. The van der Waals surface area contributed by atoms with Gasteiger partial charge in [-0.25, -0.2) is 9.78 Å². The predicted octanol–water partition coefficient (Wildman–Crippen LogP) is 2.63. The van der Waals surface area contributed by atoms with E-state index in [-0.39, 0.29) is 11.8 Å². The first-order valence-corrected chi connectivity index (χ1v) is 10.3. The Hall–Kier alpha value is -2.51. The van der Waals surface area contributed by atoms with Gasteiger partial charge in [0.05, 0.1) is 35.1 Å². The van der Waals surface area contributed by atoms with Crippen LogP contribution in [0.25, 0.3) is 10.2 Å². The zero-order valence-electron chi connectivity index (χ0n) is 16.3. The number of Topliss-reactive ketones (excluding diaryl/α,β-unsaturated/α-hetero) is 1. The topological polar surface area (TPSA) is 76.5 Å². The quantitative estimate of drug-likeness (QED) is 0.512. The first-order chi connectivity index (χ1) is 13.5. The molecule has 1 aliphatic heterocycles. The van der Waals surface area contributed by atoms with Gasteiger partial charge in [0.25, 0.3) is 0 Å². The SMILES string of the molecule is COC(=O)c1c(C)[nH]c(C(=O)C[NH+]2CCC[C@H]2c2nc3ccccc3s2)c1C. The number of para-hydroxylation sites is 1. The third kappa shape index (κ3) is 3.25. The number of ether oxygens (including phenoxy) is 1. The van der Waals surface area contributed by atoms with Crippen molar-refractivity contribution in [2.75, 3.05) is 20.2 Å². The van der Waals surface area contributed by atoms with Crippen molar-refractivity contribution in [2.24, 2.45) is 0 Å². The van der Waals surface area contributed by atoms with Gasteiger partial charge in [-0.1, -0.05) is 12.1 Å². The zero-order chi connectivity index (χ0) is 19.8. The number of aromatic amines is 1. The maximum atomic E-state index is 13.0. The van der Waals surface area contributed by atoms with Crippen molar-refractivity contribution >= 4 is 33.3 Å². The first kappa shape index (κ1) is 18.8. The number of hydrogen-bond donors (Lipinski definition) is 2. The summed E-state index contributed by atoms with van der Waals surface area (Å²) in [6.07, 6.45) is 2.12. The molecule has 0 aliphatic carbocycles. The Labute approximate surface area is 167 Å². The number of hydrogen-bond acceptors (Lipinski definition) is 5. The molecule has 6 nitrogen and oxygen atoms in total. The molecule has 0 bridgehead atoms. The number of nitrogens with one attached hydrogen (secondary N) is 2. The lowest BCUT2D eigenvalue weighted by Crippen LogP contribution is -3.11. The summed E-state index contributed by atoms with van der Waals surface area (Å²) in [6.45, 7) is 4.94. The molecule has 4 rings (SSSR count). The molecule has 2 aromatic heterocycles. The molecule has 1 aliphatic rings. The van der Waals surface area contributed by atoms with Crippen molar-refractivity contribution in [3.05, 3.63) is 51.8 Å². The van der Waals surface area contributed by atoms with Crippen LogP contribution in [0.15, 0.2) is 24.3 Å². The highest BCUT2D eigenvalue weighted by molar-refractivity contribution is 7.18. The summed E-state index contributed by atoms with van der Waals surface area (Å²) in [5, 5.41) is 1.11. The maximum Gasteiger partial charge on any atom is 0.339 e. The van der Waals surface area contributed by atoms with E-state index in [4.69, 9.17) is 9.72 Å². The van der Waals surface area contributed by atoms with E-state index in [1.54, 1.807) is 25.2 Å². The summed E-state index contributed by atoms with van der Waals surface area (Å²) in [7, 11) is 1.35. The molecule has 3 aromatic rings. The smallest absolute Gasteiger partial charge is 0.339 e. The largest absolute Gasteiger partial charge is 0.465 e. The van der Waals surface area contributed by atoms with E-state index >= 15 is 0 Å². The number of carbonyl (C=O) groups is 2. The molecule has 0 saturated carbocycles. The molecular weight excluding hydrogens is 374 g/mol. The number of thiazole rings is 1. The van der Waals surface area contributed by atoms with Crippen molar-refractivity contribution in [3.63, 3.8) is 0 Å². The highest BCUT2D eigenvalue weighted by atomic mass is 32.1. The number of aryl methyl sites for hydroxylation is 1. The van der Waals surface area contributed by atoms with Crippen molar-refractivity contribution in [1.82, 2.24) is 9.97 Å². The number of ketones is 1. The number of rotatable bonds is 5. The van der Waals surface area contributed by atoms with Gasteiger partial charge in [0, 0.05) is 18.5 Å². The van der Waals surface area contributed by atoms with Crippen molar-refractivity contribution in [2.45, 2.75) is 32.7 Å². The van der Waals surface area contributed by atoms with Crippen molar-refractivity contribution in [1.29, 1.82) is 0 Å². The van der Waals surface area contributed by atoms with Gasteiger partial charge in [0.1, 0.15) is 12.6 Å². The lowest BCUT2D eigenvalue weighted by atomic mass is 10.1. The van der Waals surface area contributed by atoms with Gasteiger partial charge in [-0.05, 0) is 31.5 Å². The van der Waals surface area contributed by atoms with Crippen LogP contribution in [0.1, 0.15) is 56.0 Å². The third-order valence-corrected chi connectivity index (χ3v) is 6.74. The minimum Gasteiger partial charge on any atom is -0.465 e. The summed E-state index contributed by atoms with van der Waals surface area (Å²) in [4.78, 5) is 34.2. The molecule has 2 N–H and O–H groups in total. The van der Waals surface area contributed by atoms with Crippen LogP contribution in [0.5, 0.6) is 0 Å². The molecule has 7 heteroatoms. The van der Waals surface area contributed by atoms with Crippen LogP contribution in [-0.2, 0) is 4.74 Å². The Morgan fingerprint density at radius 3 is 2.86 bits per heavy atom. The summed E-state index contributed by atoms with van der Waals surface area (Å²) in [5.41, 5.74) is 3.35. The van der Waals surface area contributed by atoms with E-state index < -0.39 is 5.97 Å². The molecule has 0 amide bonds. The summed E-state index contributed by atoms with van der Waals surface area (Å²) < 4.78 is 6.03. The molecule has 1 fully saturated rings. The zero-order valence-corrected chi connectivity index (χ0v) is 17.1. The number of likely N-dealkylation sites (tertiary alicyclic amines) is 1. The normalized spacial score (nSPS) is 19.2. The summed E-state index contributed by atoms with van der Waals surface area (Å²) >= 11 is 1.73. The number of esters is 1. The molecule has 1 saturated heterocycles. The fourth-order valence-corrected chi connectivity index (χ4v) is 5.35. The van der Waals surface area contributed by atoms with Crippen molar-refractivity contribution in [3.8, 4) is 0 Å². The second-order valence-corrected chi connectivity index (χ2v) is 8.40. The summed E-state index contributed by atoms with van der Waals surface area (Å²) in [5.74, 6) is -0.384. The van der Waals surface area contributed by atoms with Crippen LogP contribution in [0.4, 0.5) is 0 Å². The van der Waals surface area contributed by atoms with Gasteiger partial charge in [0.2, 0.25) is 5.78 Å². The molecule has 0 radical (unpaired) electrons. The Balaban J connectivity index is 1.56. The number of methoxy groups -OCH3 is 1. The van der Waals surface area contributed by atoms with Crippen LogP contribution in [0, 0.1) is 13.8 Å². The van der Waals surface area contributed by atoms with Gasteiger partial charge in [-0.2, -0.15) is 0 Å². The van der Waals surface area contributed by atoms with Crippen molar-refractivity contribution < 1.29 is 19.2 Å². The monoisotopic (exact) mass is 398 g/mol. The number of fused-ring (bicyclic) bond motifs is 1. The van der Waals surface area contributed by atoms with Crippen LogP contribution in [0.2, 0.25) is 0 Å². The van der Waals surface area contributed by atoms with Gasteiger partial charge < -0.3 is 14.6 Å². The fraction of sp³-hybridized carbons (Fsp3) is 0.381. The minimum absolute atomic E-state index is 0.0266. The number of benzene rings is 1. The average Bonchev–Trinajstić information content (AvgIpc) is 3.38. The Morgan fingerprint density at radius 2 is 2.11 bits per heavy atom.